The maximum Gasteiger partial charge on any atom is 0.513 e. The lowest BCUT2D eigenvalue weighted by Gasteiger charge is -2.09. The lowest BCUT2D eigenvalue weighted by Crippen LogP contribution is -2.20. The van der Waals surface area contributed by atoms with Crippen molar-refractivity contribution >= 4 is 29.7 Å². The molecule has 0 saturated carbocycles. The second-order valence-electron chi connectivity index (χ2n) is 7.07. The quantitative estimate of drug-likeness (QED) is 0.281. The number of rotatable bonds is 8. The number of hydrogen-bond acceptors (Lipinski definition) is 5. The van der Waals surface area contributed by atoms with E-state index in [0.717, 1.165) is 5.56 Å². The molecular formula is C26H23FN2O5. The van der Waals surface area contributed by atoms with Crippen LogP contribution >= 0.6 is 0 Å². The molecule has 0 saturated heterocycles. The van der Waals surface area contributed by atoms with Crippen molar-refractivity contribution in [1.29, 1.82) is 0 Å². The minimum absolute atomic E-state index is 0.202. The normalized spacial score (nSPS) is 10.5. The van der Waals surface area contributed by atoms with Crippen molar-refractivity contribution in [2.75, 3.05) is 11.9 Å². The van der Waals surface area contributed by atoms with Crippen molar-refractivity contribution in [3.63, 3.8) is 0 Å². The van der Waals surface area contributed by atoms with E-state index in [0.29, 0.717) is 16.8 Å². The summed E-state index contributed by atoms with van der Waals surface area (Å²) in [6.45, 7) is 2.12. The minimum atomic E-state index is -0.812. The highest BCUT2D eigenvalue weighted by atomic mass is 19.1. The monoisotopic (exact) mass is 462 g/mol. The Kier molecular flexibility index (Phi) is 8.51. The average molecular weight is 462 g/mol. The molecule has 2 N–H and O–H groups in total. The summed E-state index contributed by atoms with van der Waals surface area (Å²) in [5.74, 6) is -0.785. The summed E-state index contributed by atoms with van der Waals surface area (Å²) in [5, 5.41) is 5.53. The van der Waals surface area contributed by atoms with Gasteiger partial charge in [-0.1, -0.05) is 24.3 Å². The maximum absolute atomic E-state index is 13.2. The van der Waals surface area contributed by atoms with Gasteiger partial charge in [-0.25, -0.2) is 9.18 Å². The van der Waals surface area contributed by atoms with Crippen molar-refractivity contribution in [2.45, 2.75) is 13.5 Å². The van der Waals surface area contributed by atoms with E-state index in [4.69, 9.17) is 9.47 Å². The predicted octanol–water partition coefficient (Wildman–Crippen LogP) is 4.94. The molecule has 0 bridgehead atoms. The van der Waals surface area contributed by atoms with Crippen LogP contribution < -0.4 is 15.4 Å². The van der Waals surface area contributed by atoms with E-state index in [2.05, 4.69) is 10.6 Å². The molecular weight excluding hydrogens is 439 g/mol. The Hall–Kier alpha value is -4.46. The van der Waals surface area contributed by atoms with Crippen molar-refractivity contribution < 1.29 is 28.2 Å². The fraction of sp³-hybridized carbons (Fsp3) is 0.115. The highest BCUT2D eigenvalue weighted by Gasteiger charge is 2.09. The Morgan fingerprint density at radius 3 is 2.47 bits per heavy atom. The fourth-order valence-electron chi connectivity index (χ4n) is 2.91. The molecule has 8 heteroatoms. The van der Waals surface area contributed by atoms with Crippen LogP contribution in [0.2, 0.25) is 0 Å². The third-order valence-electron chi connectivity index (χ3n) is 4.51. The number of hydrogen-bond donors (Lipinski definition) is 2. The van der Waals surface area contributed by atoms with Crippen LogP contribution in [0.4, 0.5) is 14.9 Å². The largest absolute Gasteiger partial charge is 0.513 e. The highest BCUT2D eigenvalue weighted by Crippen LogP contribution is 2.16. The van der Waals surface area contributed by atoms with Crippen LogP contribution in [0.15, 0.2) is 78.9 Å². The van der Waals surface area contributed by atoms with E-state index >= 15 is 0 Å². The first-order valence-corrected chi connectivity index (χ1v) is 10.5. The standard InChI is InChI=1S/C26H23FN2O5/c1-2-33-26(32)34-23-12-10-20(11-13-23)25(31)29-22-8-4-6-19(16-22)17-28-24(30)14-9-18-5-3-7-21(27)15-18/h3-16H,2,17H2,1H3,(H,28,30)(H,29,31)/b14-9+. The molecule has 0 aromatic heterocycles. The molecule has 0 aliphatic heterocycles. The number of carbonyl (C=O) groups is 3. The number of amides is 2. The van der Waals surface area contributed by atoms with Crippen molar-refractivity contribution in [3.8, 4) is 5.75 Å². The molecule has 0 fully saturated rings. The summed E-state index contributed by atoms with van der Waals surface area (Å²) < 4.78 is 22.9. The first-order chi connectivity index (χ1) is 16.4. The van der Waals surface area contributed by atoms with E-state index < -0.39 is 6.16 Å². The van der Waals surface area contributed by atoms with Gasteiger partial charge in [0.15, 0.2) is 0 Å². The molecule has 0 unspecified atom stereocenters. The molecule has 174 valence electrons. The smallest absolute Gasteiger partial charge is 0.434 e. The molecule has 34 heavy (non-hydrogen) atoms. The van der Waals surface area contributed by atoms with Gasteiger partial charge in [0.05, 0.1) is 6.61 Å². The minimum Gasteiger partial charge on any atom is -0.434 e. The second-order valence-corrected chi connectivity index (χ2v) is 7.07. The molecule has 0 aliphatic carbocycles. The Labute approximate surface area is 196 Å². The van der Waals surface area contributed by atoms with E-state index in [1.54, 1.807) is 37.3 Å². The number of halogens is 1. The van der Waals surface area contributed by atoms with Gasteiger partial charge in [0.2, 0.25) is 5.91 Å². The summed E-state index contributed by atoms with van der Waals surface area (Å²) in [7, 11) is 0. The number of ether oxygens (including phenoxy) is 2. The van der Waals surface area contributed by atoms with Gasteiger partial charge >= 0.3 is 6.16 Å². The van der Waals surface area contributed by atoms with Crippen LogP contribution in [0.25, 0.3) is 6.08 Å². The Balaban J connectivity index is 1.53. The van der Waals surface area contributed by atoms with E-state index in [1.165, 1.54) is 48.6 Å². The Morgan fingerprint density at radius 2 is 1.74 bits per heavy atom. The first-order valence-electron chi connectivity index (χ1n) is 10.5. The molecule has 3 aromatic rings. The van der Waals surface area contributed by atoms with E-state index in [-0.39, 0.29) is 36.5 Å². The average Bonchev–Trinajstić information content (AvgIpc) is 2.82. The van der Waals surface area contributed by atoms with Gasteiger partial charge in [0.1, 0.15) is 11.6 Å². The van der Waals surface area contributed by atoms with Crippen LogP contribution in [-0.4, -0.2) is 24.6 Å². The molecule has 2 amide bonds. The highest BCUT2D eigenvalue weighted by molar-refractivity contribution is 6.04. The summed E-state index contributed by atoms with van der Waals surface area (Å²) in [4.78, 5) is 35.9. The molecule has 7 nitrogen and oxygen atoms in total. The topological polar surface area (TPSA) is 93.7 Å². The summed E-state index contributed by atoms with van der Waals surface area (Å²) in [6.07, 6.45) is 2.04. The van der Waals surface area contributed by atoms with Crippen LogP contribution in [0.1, 0.15) is 28.4 Å². The van der Waals surface area contributed by atoms with Gasteiger partial charge in [0.25, 0.3) is 5.91 Å². The molecule has 0 heterocycles. The van der Waals surface area contributed by atoms with Crippen molar-refractivity contribution in [2.24, 2.45) is 0 Å². The van der Waals surface area contributed by atoms with E-state index in [9.17, 15) is 18.8 Å². The predicted molar refractivity (Wildman–Crippen MR) is 126 cm³/mol. The van der Waals surface area contributed by atoms with Gasteiger partial charge in [0, 0.05) is 23.9 Å². The lowest BCUT2D eigenvalue weighted by atomic mass is 10.1. The second kappa shape index (κ2) is 12.0. The lowest BCUT2D eigenvalue weighted by molar-refractivity contribution is -0.116. The Bertz CT molecular complexity index is 1190. The third kappa shape index (κ3) is 7.59. The molecule has 0 spiro atoms. The molecule has 3 aromatic carbocycles. The van der Waals surface area contributed by atoms with Crippen molar-refractivity contribution in [1.82, 2.24) is 5.32 Å². The zero-order valence-corrected chi connectivity index (χ0v) is 18.4. The number of nitrogens with one attached hydrogen (secondary N) is 2. The van der Waals surface area contributed by atoms with E-state index in [1.807, 2.05) is 6.07 Å². The maximum atomic E-state index is 13.2. The summed E-state index contributed by atoms with van der Waals surface area (Å²) in [6, 6.07) is 19.0. The fourth-order valence-corrected chi connectivity index (χ4v) is 2.91. The van der Waals surface area contributed by atoms with Gasteiger partial charge in [-0.15, -0.1) is 0 Å². The number of carbonyl (C=O) groups excluding carboxylic acids is 3. The SMILES string of the molecule is CCOC(=O)Oc1ccc(C(=O)Nc2cccc(CNC(=O)/C=C/c3cccc(F)c3)c2)cc1. The van der Waals surface area contributed by atoms with Gasteiger partial charge in [-0.2, -0.15) is 0 Å². The van der Waals surface area contributed by atoms with Crippen molar-refractivity contribution in [3.05, 3.63) is 101 Å². The van der Waals surface area contributed by atoms with Crippen LogP contribution in [0, 0.1) is 5.82 Å². The van der Waals surface area contributed by atoms with Crippen LogP contribution in [-0.2, 0) is 16.1 Å². The van der Waals surface area contributed by atoms with Gasteiger partial charge in [-0.3, -0.25) is 9.59 Å². The summed E-state index contributed by atoms with van der Waals surface area (Å²) in [5.41, 5.74) is 2.29. The van der Waals surface area contributed by atoms with Gasteiger partial charge < -0.3 is 20.1 Å². The first kappa shape index (κ1) is 24.2. The summed E-state index contributed by atoms with van der Waals surface area (Å²) >= 11 is 0. The number of anilines is 1. The van der Waals surface area contributed by atoms with Crippen LogP contribution in [0.3, 0.4) is 0 Å². The number of benzene rings is 3. The van der Waals surface area contributed by atoms with Crippen LogP contribution in [0.5, 0.6) is 5.75 Å². The molecule has 0 atom stereocenters. The molecule has 0 aliphatic rings. The molecule has 3 rings (SSSR count). The zero-order chi connectivity index (χ0) is 24.3. The zero-order valence-electron chi connectivity index (χ0n) is 18.4. The van der Waals surface area contributed by atoms with Gasteiger partial charge in [-0.05, 0) is 72.7 Å². The molecule has 0 radical (unpaired) electrons. The Morgan fingerprint density at radius 1 is 0.971 bits per heavy atom. The third-order valence-corrected chi connectivity index (χ3v) is 4.51.